The molecule has 1 aromatic heterocycles. The second kappa shape index (κ2) is 7.05. The third-order valence-electron chi connectivity index (χ3n) is 3.82. The van der Waals surface area contributed by atoms with Gasteiger partial charge in [-0.25, -0.2) is 9.97 Å². The van der Waals surface area contributed by atoms with E-state index in [0.29, 0.717) is 25.7 Å². The molecule has 0 aromatic carbocycles. The number of nitrogens with zero attached hydrogens (tertiary/aromatic N) is 3. The van der Waals surface area contributed by atoms with Crippen LogP contribution in [0.2, 0.25) is 0 Å². The fourth-order valence-corrected chi connectivity index (χ4v) is 2.53. The number of ether oxygens (including phenoxy) is 1. The minimum atomic E-state index is -0.317. The molecule has 1 amide bonds. The predicted molar refractivity (Wildman–Crippen MR) is 86.0 cm³/mol. The molecular formula is C16H26N4O2. The highest BCUT2D eigenvalue weighted by atomic mass is 16.5. The van der Waals surface area contributed by atoms with Crippen molar-refractivity contribution in [1.82, 2.24) is 9.97 Å². The Labute approximate surface area is 132 Å². The third-order valence-corrected chi connectivity index (χ3v) is 3.82. The number of primary amides is 1. The van der Waals surface area contributed by atoms with Crippen LogP contribution in [0.1, 0.15) is 57.5 Å². The van der Waals surface area contributed by atoms with Crippen LogP contribution in [0.3, 0.4) is 0 Å². The van der Waals surface area contributed by atoms with E-state index in [4.69, 9.17) is 15.5 Å². The van der Waals surface area contributed by atoms with E-state index in [0.717, 1.165) is 17.3 Å². The molecule has 2 rings (SSSR count). The van der Waals surface area contributed by atoms with Gasteiger partial charge in [0.25, 0.3) is 0 Å². The van der Waals surface area contributed by atoms with Gasteiger partial charge in [0.2, 0.25) is 5.91 Å². The summed E-state index contributed by atoms with van der Waals surface area (Å²) < 4.78 is 5.50. The summed E-state index contributed by atoms with van der Waals surface area (Å²) in [6.07, 6.45) is 0.276. The van der Waals surface area contributed by atoms with E-state index in [2.05, 4.69) is 37.6 Å². The predicted octanol–water partition coefficient (Wildman–Crippen LogP) is 1.80. The minimum absolute atomic E-state index is 0.0545. The highest BCUT2D eigenvalue weighted by molar-refractivity contribution is 5.75. The maximum absolute atomic E-state index is 11.3. The smallest absolute Gasteiger partial charge is 0.219 e. The SMILES string of the molecule is CC(C)c1cc(N2CCOCC2CC(N)=O)nc(C(C)C)n1. The van der Waals surface area contributed by atoms with Crippen LogP contribution in [-0.4, -0.2) is 41.7 Å². The quantitative estimate of drug-likeness (QED) is 0.897. The first-order valence-corrected chi connectivity index (χ1v) is 7.90. The number of carbonyl (C=O) groups excluding carboxylic acids is 1. The Kier molecular flexibility index (Phi) is 5.34. The number of carbonyl (C=O) groups is 1. The van der Waals surface area contributed by atoms with Crippen molar-refractivity contribution in [3.8, 4) is 0 Å². The van der Waals surface area contributed by atoms with Crippen LogP contribution in [0.15, 0.2) is 6.07 Å². The molecule has 1 fully saturated rings. The van der Waals surface area contributed by atoms with Crippen molar-refractivity contribution in [2.45, 2.75) is 52.0 Å². The van der Waals surface area contributed by atoms with Gasteiger partial charge in [0.1, 0.15) is 11.6 Å². The molecule has 1 saturated heterocycles. The fraction of sp³-hybridized carbons (Fsp3) is 0.688. The van der Waals surface area contributed by atoms with E-state index in [1.165, 1.54) is 0 Å². The molecule has 1 atom stereocenters. The largest absolute Gasteiger partial charge is 0.377 e. The van der Waals surface area contributed by atoms with Crippen LogP contribution in [0, 0.1) is 0 Å². The normalized spacial score (nSPS) is 19.0. The van der Waals surface area contributed by atoms with Gasteiger partial charge in [0.05, 0.1) is 19.3 Å². The van der Waals surface area contributed by atoms with Crippen LogP contribution in [-0.2, 0) is 9.53 Å². The van der Waals surface area contributed by atoms with E-state index < -0.39 is 0 Å². The highest BCUT2D eigenvalue weighted by Gasteiger charge is 2.27. The molecule has 0 spiro atoms. The zero-order valence-electron chi connectivity index (χ0n) is 13.9. The van der Waals surface area contributed by atoms with E-state index in [1.807, 2.05) is 6.07 Å². The lowest BCUT2D eigenvalue weighted by Crippen LogP contribution is -2.48. The van der Waals surface area contributed by atoms with Crippen molar-refractivity contribution in [2.75, 3.05) is 24.7 Å². The molecule has 22 heavy (non-hydrogen) atoms. The summed E-state index contributed by atoms with van der Waals surface area (Å²) >= 11 is 0. The van der Waals surface area contributed by atoms with Gasteiger partial charge in [-0.2, -0.15) is 0 Å². The van der Waals surface area contributed by atoms with Gasteiger partial charge in [0.15, 0.2) is 0 Å². The van der Waals surface area contributed by atoms with Crippen molar-refractivity contribution >= 4 is 11.7 Å². The molecule has 0 aliphatic carbocycles. The number of hydrogen-bond acceptors (Lipinski definition) is 5. The molecule has 1 aliphatic heterocycles. The Morgan fingerprint density at radius 2 is 2.09 bits per heavy atom. The number of rotatable bonds is 5. The topological polar surface area (TPSA) is 81.3 Å². The van der Waals surface area contributed by atoms with Gasteiger partial charge in [-0.3, -0.25) is 4.79 Å². The number of anilines is 1. The maximum atomic E-state index is 11.3. The molecule has 122 valence electrons. The summed E-state index contributed by atoms with van der Waals surface area (Å²) in [6.45, 7) is 10.3. The second-order valence-corrected chi connectivity index (χ2v) is 6.41. The van der Waals surface area contributed by atoms with Gasteiger partial charge >= 0.3 is 0 Å². The Hall–Kier alpha value is -1.69. The lowest BCUT2D eigenvalue weighted by Gasteiger charge is -2.36. The Morgan fingerprint density at radius 1 is 1.36 bits per heavy atom. The number of hydrogen-bond donors (Lipinski definition) is 1. The van der Waals surface area contributed by atoms with Gasteiger partial charge in [-0.1, -0.05) is 27.7 Å². The van der Waals surface area contributed by atoms with Gasteiger partial charge in [0, 0.05) is 30.6 Å². The van der Waals surface area contributed by atoms with Crippen LogP contribution in [0.25, 0.3) is 0 Å². The average molecular weight is 306 g/mol. The van der Waals surface area contributed by atoms with Crippen molar-refractivity contribution in [3.63, 3.8) is 0 Å². The first-order valence-electron chi connectivity index (χ1n) is 7.90. The van der Waals surface area contributed by atoms with Crippen molar-refractivity contribution in [3.05, 3.63) is 17.6 Å². The number of aromatic nitrogens is 2. The van der Waals surface area contributed by atoms with Gasteiger partial charge < -0.3 is 15.4 Å². The molecule has 2 N–H and O–H groups in total. The standard InChI is InChI=1S/C16H26N4O2/c1-10(2)13-8-15(19-16(18-13)11(3)4)20-5-6-22-9-12(20)7-14(17)21/h8,10-12H,5-7,9H2,1-4H3,(H2,17,21). The first-order chi connectivity index (χ1) is 10.4. The number of nitrogens with two attached hydrogens (primary N) is 1. The summed E-state index contributed by atoms with van der Waals surface area (Å²) in [5.41, 5.74) is 6.39. The molecular weight excluding hydrogens is 280 g/mol. The maximum Gasteiger partial charge on any atom is 0.219 e. The van der Waals surface area contributed by atoms with Crippen molar-refractivity contribution in [2.24, 2.45) is 5.73 Å². The summed E-state index contributed by atoms with van der Waals surface area (Å²) in [4.78, 5) is 22.8. The summed E-state index contributed by atoms with van der Waals surface area (Å²) in [5.74, 6) is 1.98. The zero-order valence-corrected chi connectivity index (χ0v) is 13.9. The highest BCUT2D eigenvalue weighted by Crippen LogP contribution is 2.25. The Balaban J connectivity index is 2.37. The van der Waals surface area contributed by atoms with Crippen LogP contribution in [0.5, 0.6) is 0 Å². The van der Waals surface area contributed by atoms with Crippen LogP contribution >= 0.6 is 0 Å². The average Bonchev–Trinajstić information content (AvgIpc) is 2.46. The summed E-state index contributed by atoms with van der Waals surface area (Å²) in [6, 6.07) is 1.97. The second-order valence-electron chi connectivity index (χ2n) is 6.41. The third kappa shape index (κ3) is 3.94. The molecule has 2 heterocycles. The first kappa shape index (κ1) is 16.7. The lowest BCUT2D eigenvalue weighted by atomic mass is 10.1. The van der Waals surface area contributed by atoms with Gasteiger partial charge in [-0.15, -0.1) is 0 Å². The monoisotopic (exact) mass is 306 g/mol. The van der Waals surface area contributed by atoms with Gasteiger partial charge in [-0.05, 0) is 5.92 Å². The molecule has 0 radical (unpaired) electrons. The van der Waals surface area contributed by atoms with Crippen molar-refractivity contribution in [1.29, 1.82) is 0 Å². The molecule has 0 bridgehead atoms. The molecule has 6 heteroatoms. The van der Waals surface area contributed by atoms with E-state index in [-0.39, 0.29) is 24.3 Å². The fourth-order valence-electron chi connectivity index (χ4n) is 2.53. The van der Waals surface area contributed by atoms with Crippen LogP contribution < -0.4 is 10.6 Å². The number of amides is 1. The summed E-state index contributed by atoms with van der Waals surface area (Å²) in [5, 5.41) is 0. The minimum Gasteiger partial charge on any atom is -0.377 e. The summed E-state index contributed by atoms with van der Waals surface area (Å²) in [7, 11) is 0. The molecule has 1 unspecified atom stereocenters. The Bertz CT molecular complexity index is 505. The Morgan fingerprint density at radius 3 is 2.68 bits per heavy atom. The zero-order chi connectivity index (χ0) is 16.3. The van der Waals surface area contributed by atoms with E-state index in [1.54, 1.807) is 0 Å². The van der Waals surface area contributed by atoms with Crippen molar-refractivity contribution < 1.29 is 9.53 Å². The molecule has 1 aliphatic rings. The molecule has 0 saturated carbocycles. The molecule has 1 aromatic rings. The van der Waals surface area contributed by atoms with Crippen LogP contribution in [0.4, 0.5) is 5.82 Å². The number of morpholine rings is 1. The van der Waals surface area contributed by atoms with E-state index >= 15 is 0 Å². The lowest BCUT2D eigenvalue weighted by molar-refractivity contribution is -0.118. The molecule has 6 nitrogen and oxygen atoms in total. The van der Waals surface area contributed by atoms with E-state index in [9.17, 15) is 4.79 Å².